The summed E-state index contributed by atoms with van der Waals surface area (Å²) in [4.78, 5) is 37.7. The van der Waals surface area contributed by atoms with Gasteiger partial charge in [-0.1, -0.05) is 0 Å². The molecule has 8 heteroatoms. The normalized spacial score (nSPS) is 14.6. The maximum absolute atomic E-state index is 12.7. The molecule has 0 saturated carbocycles. The van der Waals surface area contributed by atoms with Crippen molar-refractivity contribution in [2.24, 2.45) is 0 Å². The van der Waals surface area contributed by atoms with Crippen LogP contribution in [-0.4, -0.2) is 66.6 Å². The van der Waals surface area contributed by atoms with Crippen LogP contribution in [0.2, 0.25) is 0 Å². The van der Waals surface area contributed by atoms with E-state index in [1.807, 2.05) is 6.92 Å². The lowest BCUT2D eigenvalue weighted by Gasteiger charge is -2.32. The van der Waals surface area contributed by atoms with Gasteiger partial charge in [-0.25, -0.2) is 14.8 Å². The van der Waals surface area contributed by atoms with Crippen molar-refractivity contribution in [2.45, 2.75) is 13.8 Å². The average Bonchev–Trinajstić information content (AvgIpc) is 2.69. The van der Waals surface area contributed by atoms with E-state index in [9.17, 15) is 9.59 Å². The van der Waals surface area contributed by atoms with Gasteiger partial charge in [0.25, 0.3) is 5.91 Å². The van der Waals surface area contributed by atoms with E-state index in [0.29, 0.717) is 29.5 Å². The van der Waals surface area contributed by atoms with Gasteiger partial charge in [0.1, 0.15) is 5.69 Å². The molecule has 3 rings (SSSR count). The van der Waals surface area contributed by atoms with Crippen molar-refractivity contribution in [2.75, 3.05) is 50.1 Å². The summed E-state index contributed by atoms with van der Waals surface area (Å²) < 4.78 is 4.96. The molecule has 2 aromatic rings. The molecule has 0 aliphatic carbocycles. The molecule has 1 aliphatic rings. The Kier molecular flexibility index (Phi) is 6.20. The number of hydrogen-bond donors (Lipinski definition) is 1. The number of carbonyl (C=O) groups is 2. The van der Waals surface area contributed by atoms with Gasteiger partial charge in [0, 0.05) is 37.6 Å². The van der Waals surface area contributed by atoms with Crippen LogP contribution in [0.1, 0.15) is 33.5 Å². The lowest BCUT2D eigenvalue weighted by molar-refractivity contribution is 0.0526. The Bertz CT molecular complexity index is 845. The molecular formula is C20H25N5O3. The third-order valence-corrected chi connectivity index (χ3v) is 4.52. The monoisotopic (exact) mass is 383 g/mol. The zero-order chi connectivity index (χ0) is 20.1. The van der Waals surface area contributed by atoms with E-state index in [-0.39, 0.29) is 11.9 Å². The van der Waals surface area contributed by atoms with Crippen molar-refractivity contribution >= 4 is 23.5 Å². The fourth-order valence-corrected chi connectivity index (χ4v) is 2.92. The van der Waals surface area contributed by atoms with E-state index >= 15 is 0 Å². The summed E-state index contributed by atoms with van der Waals surface area (Å²) in [5.41, 5.74) is 2.08. The van der Waals surface area contributed by atoms with Gasteiger partial charge in [0.15, 0.2) is 0 Å². The zero-order valence-corrected chi connectivity index (χ0v) is 16.4. The number of nitrogens with zero attached hydrogens (tertiary/aromatic N) is 4. The number of piperazine rings is 1. The van der Waals surface area contributed by atoms with Crippen molar-refractivity contribution in [1.82, 2.24) is 14.9 Å². The van der Waals surface area contributed by atoms with E-state index in [1.54, 1.807) is 37.3 Å². The Labute approximate surface area is 164 Å². The van der Waals surface area contributed by atoms with E-state index in [0.717, 1.165) is 31.9 Å². The highest BCUT2D eigenvalue weighted by atomic mass is 16.5. The number of ether oxygens (including phenoxy) is 1. The van der Waals surface area contributed by atoms with Crippen LogP contribution in [0.3, 0.4) is 0 Å². The molecule has 0 spiro atoms. The topological polar surface area (TPSA) is 87.7 Å². The number of benzene rings is 1. The number of esters is 1. The van der Waals surface area contributed by atoms with E-state index in [2.05, 4.69) is 32.1 Å². The van der Waals surface area contributed by atoms with Gasteiger partial charge in [0.05, 0.1) is 12.2 Å². The van der Waals surface area contributed by atoms with Crippen LogP contribution in [0.5, 0.6) is 0 Å². The second-order valence-electron chi connectivity index (χ2n) is 6.74. The highest BCUT2D eigenvalue weighted by molar-refractivity contribution is 6.03. The average molecular weight is 383 g/mol. The minimum atomic E-state index is -0.386. The van der Waals surface area contributed by atoms with Gasteiger partial charge in [-0.3, -0.25) is 4.79 Å². The summed E-state index contributed by atoms with van der Waals surface area (Å²) in [6, 6.07) is 8.24. The molecule has 1 amide bonds. The summed E-state index contributed by atoms with van der Waals surface area (Å²) in [6.45, 7) is 7.46. The summed E-state index contributed by atoms with van der Waals surface area (Å²) in [5, 5.41) is 2.81. The van der Waals surface area contributed by atoms with Gasteiger partial charge in [-0.15, -0.1) is 0 Å². The first-order chi connectivity index (χ1) is 13.5. The molecule has 1 aliphatic heterocycles. The van der Waals surface area contributed by atoms with Gasteiger partial charge in [-0.05, 0) is 51.2 Å². The minimum absolute atomic E-state index is 0.315. The quantitative estimate of drug-likeness (QED) is 0.790. The number of anilines is 2. The second kappa shape index (κ2) is 8.79. The van der Waals surface area contributed by atoms with Crippen LogP contribution in [0.25, 0.3) is 0 Å². The Balaban J connectivity index is 1.71. The third-order valence-electron chi connectivity index (χ3n) is 4.52. The third kappa shape index (κ3) is 4.83. The van der Waals surface area contributed by atoms with E-state index in [1.165, 1.54) is 0 Å². The molecule has 148 valence electrons. The Morgan fingerprint density at radius 3 is 2.43 bits per heavy atom. The molecule has 2 heterocycles. The van der Waals surface area contributed by atoms with Crippen LogP contribution in [-0.2, 0) is 4.74 Å². The van der Waals surface area contributed by atoms with Crippen LogP contribution >= 0.6 is 0 Å². The molecule has 0 unspecified atom stereocenters. The lowest BCUT2D eigenvalue weighted by Crippen LogP contribution is -2.45. The van der Waals surface area contributed by atoms with Crippen LogP contribution in [0.4, 0.5) is 11.6 Å². The largest absolute Gasteiger partial charge is 0.462 e. The molecule has 0 bridgehead atoms. The van der Waals surface area contributed by atoms with E-state index in [4.69, 9.17) is 4.74 Å². The summed E-state index contributed by atoms with van der Waals surface area (Å²) >= 11 is 0. The molecule has 0 radical (unpaired) electrons. The summed E-state index contributed by atoms with van der Waals surface area (Å²) in [6.07, 6.45) is 0. The van der Waals surface area contributed by atoms with Crippen molar-refractivity contribution < 1.29 is 14.3 Å². The Morgan fingerprint density at radius 1 is 1.11 bits per heavy atom. The van der Waals surface area contributed by atoms with E-state index < -0.39 is 0 Å². The second-order valence-corrected chi connectivity index (χ2v) is 6.74. The predicted molar refractivity (Wildman–Crippen MR) is 107 cm³/mol. The van der Waals surface area contributed by atoms with Crippen LogP contribution < -0.4 is 10.2 Å². The van der Waals surface area contributed by atoms with Crippen molar-refractivity contribution in [3.8, 4) is 0 Å². The molecule has 1 aromatic carbocycles. The summed E-state index contributed by atoms with van der Waals surface area (Å²) in [7, 11) is 2.08. The molecule has 28 heavy (non-hydrogen) atoms. The smallest absolute Gasteiger partial charge is 0.338 e. The molecule has 8 nitrogen and oxygen atoms in total. The minimum Gasteiger partial charge on any atom is -0.462 e. The predicted octanol–water partition coefficient (Wildman–Crippen LogP) is 1.97. The standard InChI is InChI=1S/C20H25N5O3/c1-4-28-19(27)15-5-7-16(8-6-15)22-18(26)17-13-14(2)21-20(23-17)25-11-9-24(3)10-12-25/h5-8,13H,4,9-12H2,1-3H3,(H,22,26). The molecule has 0 atom stereocenters. The number of aromatic nitrogens is 2. The zero-order valence-electron chi connectivity index (χ0n) is 16.4. The molecule has 1 fully saturated rings. The number of amides is 1. The Morgan fingerprint density at radius 2 is 1.79 bits per heavy atom. The maximum atomic E-state index is 12.7. The van der Waals surface area contributed by atoms with Crippen LogP contribution in [0, 0.1) is 6.92 Å². The lowest BCUT2D eigenvalue weighted by atomic mass is 10.2. The number of hydrogen-bond acceptors (Lipinski definition) is 7. The van der Waals surface area contributed by atoms with Gasteiger partial charge >= 0.3 is 5.97 Å². The summed E-state index contributed by atoms with van der Waals surface area (Å²) in [5.74, 6) is -0.121. The number of rotatable bonds is 5. The van der Waals surface area contributed by atoms with Gasteiger partial charge in [0.2, 0.25) is 5.95 Å². The number of carbonyl (C=O) groups excluding carboxylic acids is 2. The van der Waals surface area contributed by atoms with Gasteiger partial charge in [-0.2, -0.15) is 0 Å². The van der Waals surface area contributed by atoms with Crippen molar-refractivity contribution in [3.05, 3.63) is 47.3 Å². The maximum Gasteiger partial charge on any atom is 0.338 e. The van der Waals surface area contributed by atoms with Gasteiger partial charge < -0.3 is 19.9 Å². The number of nitrogens with one attached hydrogen (secondary N) is 1. The van der Waals surface area contributed by atoms with Crippen LogP contribution in [0.15, 0.2) is 30.3 Å². The highest BCUT2D eigenvalue weighted by Gasteiger charge is 2.19. The first-order valence-corrected chi connectivity index (χ1v) is 9.34. The molecular weight excluding hydrogens is 358 g/mol. The number of aryl methyl sites for hydroxylation is 1. The molecule has 1 saturated heterocycles. The molecule has 1 N–H and O–H groups in total. The fraction of sp³-hybridized carbons (Fsp3) is 0.400. The van der Waals surface area contributed by atoms with Crippen molar-refractivity contribution in [1.29, 1.82) is 0 Å². The fourth-order valence-electron chi connectivity index (χ4n) is 2.92. The first kappa shape index (κ1) is 19.8. The molecule has 1 aromatic heterocycles. The Hall–Kier alpha value is -3.00. The highest BCUT2D eigenvalue weighted by Crippen LogP contribution is 2.15. The SMILES string of the molecule is CCOC(=O)c1ccc(NC(=O)c2cc(C)nc(N3CCN(C)CC3)n2)cc1. The first-order valence-electron chi connectivity index (χ1n) is 9.34. The van der Waals surface area contributed by atoms with Crippen molar-refractivity contribution in [3.63, 3.8) is 0 Å². The number of likely N-dealkylation sites (N-methyl/N-ethyl adjacent to an activating group) is 1.